The number of nitrogens with zero attached hydrogens (tertiary/aromatic N) is 2. The molecule has 0 saturated carbocycles. The average Bonchev–Trinajstić information content (AvgIpc) is 2.40. The summed E-state index contributed by atoms with van der Waals surface area (Å²) in [5.41, 5.74) is 1.67. The second-order valence-electron chi connectivity index (χ2n) is 4.21. The zero-order chi connectivity index (χ0) is 12.1. The molecule has 0 bridgehead atoms. The van der Waals surface area contributed by atoms with Gasteiger partial charge in [-0.15, -0.1) is 0 Å². The molecule has 0 aliphatic carbocycles. The van der Waals surface area contributed by atoms with E-state index in [2.05, 4.69) is 16.3 Å². The van der Waals surface area contributed by atoms with Crippen LogP contribution >= 0.6 is 0 Å². The van der Waals surface area contributed by atoms with Crippen molar-refractivity contribution < 1.29 is 4.74 Å². The van der Waals surface area contributed by atoms with Crippen molar-refractivity contribution in [2.45, 2.75) is 6.10 Å². The lowest BCUT2D eigenvalue weighted by atomic mass is 10.1. The van der Waals surface area contributed by atoms with Gasteiger partial charge < -0.3 is 15.0 Å². The molecule has 1 unspecified atom stereocenters. The van der Waals surface area contributed by atoms with Gasteiger partial charge in [-0.05, 0) is 12.1 Å². The Bertz CT molecular complexity index is 407. The Morgan fingerprint density at radius 1 is 1.53 bits per heavy atom. The normalized spacial score (nSPS) is 19.6. The van der Waals surface area contributed by atoms with E-state index in [0.29, 0.717) is 5.56 Å². The molecule has 1 fully saturated rings. The van der Waals surface area contributed by atoms with Crippen LogP contribution in [-0.2, 0) is 4.74 Å². The summed E-state index contributed by atoms with van der Waals surface area (Å²) in [6.45, 7) is 3.36. The molecule has 2 rings (SSSR count). The van der Waals surface area contributed by atoms with Crippen molar-refractivity contribution in [2.75, 3.05) is 38.2 Å². The number of nitriles is 1. The number of anilines is 1. The molecule has 1 atom stereocenters. The molecule has 90 valence electrons. The Morgan fingerprint density at radius 2 is 2.35 bits per heavy atom. The van der Waals surface area contributed by atoms with Crippen molar-refractivity contribution in [1.82, 2.24) is 5.32 Å². The second kappa shape index (κ2) is 5.67. The smallest absolute Gasteiger partial charge is 0.101 e. The first-order chi connectivity index (χ1) is 8.31. The van der Waals surface area contributed by atoms with Gasteiger partial charge >= 0.3 is 0 Å². The predicted molar refractivity (Wildman–Crippen MR) is 67.0 cm³/mol. The molecule has 0 amide bonds. The standard InChI is InChI=1S/C13H17N3O/c1-16(10-12-9-15-6-7-17-12)13-5-3-2-4-11(13)8-14/h2-5,12,15H,6-7,9-10H2,1H3. The number of likely N-dealkylation sites (N-methyl/N-ethyl adjacent to an activating group) is 1. The predicted octanol–water partition coefficient (Wildman–Crippen LogP) is 0.983. The molecule has 0 radical (unpaired) electrons. The van der Waals surface area contributed by atoms with Gasteiger partial charge in [0.2, 0.25) is 0 Å². The van der Waals surface area contributed by atoms with Crippen LogP contribution in [0.1, 0.15) is 5.56 Å². The highest BCUT2D eigenvalue weighted by molar-refractivity contribution is 5.58. The Morgan fingerprint density at radius 3 is 3.06 bits per heavy atom. The van der Waals surface area contributed by atoms with E-state index in [1.165, 1.54) is 0 Å². The largest absolute Gasteiger partial charge is 0.374 e. The molecule has 17 heavy (non-hydrogen) atoms. The van der Waals surface area contributed by atoms with Crippen LogP contribution in [0.2, 0.25) is 0 Å². The van der Waals surface area contributed by atoms with E-state index in [0.717, 1.165) is 31.9 Å². The molecular formula is C13H17N3O. The van der Waals surface area contributed by atoms with Gasteiger partial charge in [0.15, 0.2) is 0 Å². The first-order valence-electron chi connectivity index (χ1n) is 5.84. The van der Waals surface area contributed by atoms with Crippen LogP contribution in [0.15, 0.2) is 24.3 Å². The number of para-hydroxylation sites is 1. The van der Waals surface area contributed by atoms with Gasteiger partial charge in [-0.25, -0.2) is 0 Å². The first kappa shape index (κ1) is 11.9. The third-order valence-corrected chi connectivity index (χ3v) is 2.92. The van der Waals surface area contributed by atoms with Gasteiger partial charge in [-0.3, -0.25) is 0 Å². The van der Waals surface area contributed by atoms with Gasteiger partial charge in [-0.1, -0.05) is 12.1 Å². The fourth-order valence-electron chi connectivity index (χ4n) is 2.04. The van der Waals surface area contributed by atoms with Gasteiger partial charge in [0.05, 0.1) is 24.0 Å². The molecule has 1 saturated heterocycles. The molecule has 4 nitrogen and oxygen atoms in total. The molecular weight excluding hydrogens is 214 g/mol. The number of nitrogens with one attached hydrogen (secondary N) is 1. The van der Waals surface area contributed by atoms with Crippen LogP contribution in [0.4, 0.5) is 5.69 Å². The third-order valence-electron chi connectivity index (χ3n) is 2.92. The maximum absolute atomic E-state index is 9.05. The lowest BCUT2D eigenvalue weighted by Crippen LogP contribution is -2.44. The number of hydrogen-bond acceptors (Lipinski definition) is 4. The lowest BCUT2D eigenvalue weighted by Gasteiger charge is -2.29. The summed E-state index contributed by atoms with van der Waals surface area (Å²) in [5.74, 6) is 0. The summed E-state index contributed by atoms with van der Waals surface area (Å²) in [6, 6.07) is 9.86. The number of hydrogen-bond donors (Lipinski definition) is 1. The minimum Gasteiger partial charge on any atom is -0.374 e. The van der Waals surface area contributed by atoms with Gasteiger partial charge in [-0.2, -0.15) is 5.26 Å². The summed E-state index contributed by atoms with van der Waals surface area (Å²) in [6.07, 6.45) is 0.195. The number of morpholine rings is 1. The number of rotatable bonds is 3. The van der Waals surface area contributed by atoms with E-state index in [4.69, 9.17) is 10.00 Å². The van der Waals surface area contributed by atoms with Crippen molar-refractivity contribution >= 4 is 5.69 Å². The zero-order valence-corrected chi connectivity index (χ0v) is 10.0. The van der Waals surface area contributed by atoms with Crippen LogP contribution in [0, 0.1) is 11.3 Å². The highest BCUT2D eigenvalue weighted by atomic mass is 16.5. The molecule has 0 aromatic heterocycles. The van der Waals surface area contributed by atoms with Gasteiger partial charge in [0.1, 0.15) is 6.07 Å². The van der Waals surface area contributed by atoms with Crippen molar-refractivity contribution in [3.05, 3.63) is 29.8 Å². The Labute approximate surface area is 102 Å². The summed E-state index contributed by atoms with van der Waals surface area (Å²) < 4.78 is 5.66. The number of ether oxygens (including phenoxy) is 1. The fraction of sp³-hybridized carbons (Fsp3) is 0.462. The van der Waals surface area contributed by atoms with E-state index in [1.54, 1.807) is 0 Å². The molecule has 1 aliphatic rings. The van der Waals surface area contributed by atoms with E-state index < -0.39 is 0 Å². The van der Waals surface area contributed by atoms with Gasteiger partial charge in [0, 0.05) is 26.7 Å². The van der Waals surface area contributed by atoms with E-state index in [-0.39, 0.29) is 6.10 Å². The Balaban J connectivity index is 2.03. The van der Waals surface area contributed by atoms with Crippen molar-refractivity contribution in [1.29, 1.82) is 5.26 Å². The highest BCUT2D eigenvalue weighted by Crippen LogP contribution is 2.18. The molecule has 4 heteroatoms. The molecule has 1 N–H and O–H groups in total. The lowest BCUT2D eigenvalue weighted by molar-refractivity contribution is 0.0340. The third kappa shape index (κ3) is 2.96. The highest BCUT2D eigenvalue weighted by Gasteiger charge is 2.16. The molecule has 1 heterocycles. The van der Waals surface area contributed by atoms with E-state index >= 15 is 0 Å². The fourth-order valence-corrected chi connectivity index (χ4v) is 2.04. The van der Waals surface area contributed by atoms with Crippen LogP contribution < -0.4 is 10.2 Å². The summed E-state index contributed by atoms with van der Waals surface area (Å²) in [5, 5.41) is 12.4. The minimum atomic E-state index is 0.195. The minimum absolute atomic E-state index is 0.195. The van der Waals surface area contributed by atoms with Crippen LogP contribution in [-0.4, -0.2) is 39.4 Å². The molecule has 1 aliphatic heterocycles. The van der Waals surface area contributed by atoms with Crippen molar-refractivity contribution in [2.24, 2.45) is 0 Å². The quantitative estimate of drug-likeness (QED) is 0.842. The number of benzene rings is 1. The molecule has 0 spiro atoms. The van der Waals surface area contributed by atoms with Gasteiger partial charge in [0.25, 0.3) is 0 Å². The first-order valence-corrected chi connectivity index (χ1v) is 5.84. The topological polar surface area (TPSA) is 48.3 Å². The summed E-state index contributed by atoms with van der Waals surface area (Å²) >= 11 is 0. The Hall–Kier alpha value is -1.57. The average molecular weight is 231 g/mol. The van der Waals surface area contributed by atoms with Crippen molar-refractivity contribution in [3.8, 4) is 6.07 Å². The SMILES string of the molecule is CN(CC1CNCCO1)c1ccccc1C#N. The second-order valence-corrected chi connectivity index (χ2v) is 4.21. The summed E-state index contributed by atoms with van der Waals surface area (Å²) in [4.78, 5) is 2.08. The monoisotopic (exact) mass is 231 g/mol. The maximum Gasteiger partial charge on any atom is 0.101 e. The van der Waals surface area contributed by atoms with Crippen molar-refractivity contribution in [3.63, 3.8) is 0 Å². The van der Waals surface area contributed by atoms with E-state index in [1.807, 2.05) is 31.3 Å². The van der Waals surface area contributed by atoms with E-state index in [9.17, 15) is 0 Å². The zero-order valence-electron chi connectivity index (χ0n) is 10.0. The Kier molecular flexibility index (Phi) is 3.97. The van der Waals surface area contributed by atoms with Crippen LogP contribution in [0.3, 0.4) is 0 Å². The maximum atomic E-state index is 9.05. The molecule has 1 aromatic carbocycles. The molecule has 1 aromatic rings. The van der Waals surface area contributed by atoms with Crippen LogP contribution in [0.5, 0.6) is 0 Å². The van der Waals surface area contributed by atoms with Crippen LogP contribution in [0.25, 0.3) is 0 Å². The summed E-state index contributed by atoms with van der Waals surface area (Å²) in [7, 11) is 1.99.